The number of rotatable bonds is 2. The van der Waals surface area contributed by atoms with Gasteiger partial charge in [-0.1, -0.05) is 26.0 Å². The highest BCUT2D eigenvalue weighted by Gasteiger charge is 2.34. The number of hydrogen-bond donors (Lipinski definition) is 0. The number of halogens is 4. The third-order valence-electron chi connectivity index (χ3n) is 3.39. The van der Waals surface area contributed by atoms with Crippen LogP contribution in [0.3, 0.4) is 0 Å². The zero-order valence-corrected chi connectivity index (χ0v) is 12.6. The normalized spacial score (nSPS) is 20.8. The Hall–Kier alpha value is -1.14. The molecule has 1 atom stereocenters. The van der Waals surface area contributed by atoms with Gasteiger partial charge in [0.15, 0.2) is 0 Å². The molecule has 2 nitrogen and oxygen atoms in total. The largest absolute Gasteiger partial charge is 0.401 e. The van der Waals surface area contributed by atoms with E-state index in [1.54, 1.807) is 12.1 Å². The van der Waals surface area contributed by atoms with Gasteiger partial charge in [-0.3, -0.25) is 9.80 Å². The zero-order chi connectivity index (χ0) is 16.0. The van der Waals surface area contributed by atoms with Crippen molar-refractivity contribution >= 4 is 0 Å². The summed E-state index contributed by atoms with van der Waals surface area (Å²) in [5, 5.41) is 0. The summed E-state index contributed by atoms with van der Waals surface area (Å²) < 4.78 is 50.1. The number of piperazine rings is 1. The molecule has 6 heteroatoms. The summed E-state index contributed by atoms with van der Waals surface area (Å²) in [5.41, 5.74) is 0.843. The van der Waals surface area contributed by atoms with Gasteiger partial charge in [0.05, 0.1) is 6.54 Å². The fourth-order valence-corrected chi connectivity index (χ4v) is 2.37. The Balaban J connectivity index is 0.00000106. The molecule has 0 aromatic heterocycles. The maximum absolute atomic E-state index is 12.9. The van der Waals surface area contributed by atoms with E-state index in [1.807, 2.05) is 25.8 Å². The standard InChI is InChI=1S/C13H16F4N2.C2H6/c1-18-6-7-19(9-13(15,16)17)8-12(18)10-2-4-11(14)5-3-10;1-2/h2-5,12H,6-9H2,1H3;1-2H3. The maximum atomic E-state index is 12.9. The molecule has 0 N–H and O–H groups in total. The van der Waals surface area contributed by atoms with Crippen LogP contribution >= 0.6 is 0 Å². The minimum atomic E-state index is -4.18. The molecule has 0 radical (unpaired) electrons. The van der Waals surface area contributed by atoms with Gasteiger partial charge in [0.25, 0.3) is 0 Å². The lowest BCUT2D eigenvalue weighted by atomic mass is 10.0. The Morgan fingerprint density at radius 1 is 1.10 bits per heavy atom. The van der Waals surface area contributed by atoms with E-state index in [2.05, 4.69) is 0 Å². The Kier molecular flexibility index (Phi) is 6.61. The van der Waals surface area contributed by atoms with Crippen LogP contribution in [-0.4, -0.2) is 49.2 Å². The smallest absolute Gasteiger partial charge is 0.297 e. The van der Waals surface area contributed by atoms with Crippen LogP contribution in [-0.2, 0) is 0 Å². The zero-order valence-electron chi connectivity index (χ0n) is 12.6. The van der Waals surface area contributed by atoms with Crippen LogP contribution in [0.2, 0.25) is 0 Å². The van der Waals surface area contributed by atoms with Crippen LogP contribution in [0.1, 0.15) is 25.5 Å². The topological polar surface area (TPSA) is 6.48 Å². The van der Waals surface area contributed by atoms with E-state index < -0.39 is 12.7 Å². The van der Waals surface area contributed by atoms with Gasteiger partial charge >= 0.3 is 6.18 Å². The number of nitrogens with zero attached hydrogens (tertiary/aromatic N) is 2. The fraction of sp³-hybridized carbons (Fsp3) is 0.600. The van der Waals surface area contributed by atoms with Crippen molar-refractivity contribution < 1.29 is 17.6 Å². The Bertz CT molecular complexity index is 417. The molecule has 0 bridgehead atoms. The van der Waals surface area contributed by atoms with Crippen LogP contribution in [0.25, 0.3) is 0 Å². The molecule has 1 heterocycles. The van der Waals surface area contributed by atoms with Gasteiger partial charge in [-0.2, -0.15) is 13.2 Å². The van der Waals surface area contributed by atoms with Gasteiger partial charge in [-0.15, -0.1) is 0 Å². The summed E-state index contributed by atoms with van der Waals surface area (Å²) in [4.78, 5) is 3.40. The van der Waals surface area contributed by atoms with E-state index in [1.165, 1.54) is 17.0 Å². The fourth-order valence-electron chi connectivity index (χ4n) is 2.37. The summed E-state index contributed by atoms with van der Waals surface area (Å²) in [7, 11) is 1.87. The van der Waals surface area contributed by atoms with Crippen molar-refractivity contribution in [2.24, 2.45) is 0 Å². The van der Waals surface area contributed by atoms with Crippen molar-refractivity contribution in [2.45, 2.75) is 26.1 Å². The first-order chi connectivity index (χ1) is 9.85. The molecule has 21 heavy (non-hydrogen) atoms. The summed E-state index contributed by atoms with van der Waals surface area (Å²) in [5.74, 6) is -0.339. The highest BCUT2D eigenvalue weighted by molar-refractivity contribution is 5.21. The average molecular weight is 306 g/mol. The van der Waals surface area contributed by atoms with Crippen molar-refractivity contribution in [1.29, 1.82) is 0 Å². The van der Waals surface area contributed by atoms with Crippen LogP contribution in [0, 0.1) is 5.82 Å². The predicted molar refractivity (Wildman–Crippen MR) is 75.6 cm³/mol. The van der Waals surface area contributed by atoms with Crippen molar-refractivity contribution in [2.75, 3.05) is 33.2 Å². The second-order valence-corrected chi connectivity index (χ2v) is 4.90. The van der Waals surface area contributed by atoms with Crippen molar-refractivity contribution in [3.63, 3.8) is 0 Å². The predicted octanol–water partition coefficient (Wildman–Crippen LogP) is 3.70. The molecule has 120 valence electrons. The van der Waals surface area contributed by atoms with Gasteiger partial charge < -0.3 is 0 Å². The number of benzene rings is 1. The molecule has 2 rings (SSSR count). The molecule has 1 aliphatic heterocycles. The highest BCUT2D eigenvalue weighted by Crippen LogP contribution is 2.26. The monoisotopic (exact) mass is 306 g/mol. The summed E-state index contributed by atoms with van der Waals surface area (Å²) in [6, 6.07) is 5.82. The molecule has 1 fully saturated rings. The highest BCUT2D eigenvalue weighted by atomic mass is 19.4. The number of alkyl halides is 3. The molecule has 0 amide bonds. The van der Waals surface area contributed by atoms with Crippen LogP contribution in [0.15, 0.2) is 24.3 Å². The van der Waals surface area contributed by atoms with Crippen LogP contribution in [0.4, 0.5) is 17.6 Å². The Labute approximate surface area is 123 Å². The maximum Gasteiger partial charge on any atom is 0.401 e. The third-order valence-corrected chi connectivity index (χ3v) is 3.39. The first-order valence-corrected chi connectivity index (χ1v) is 7.10. The van der Waals surface area contributed by atoms with Crippen LogP contribution in [0.5, 0.6) is 0 Å². The Morgan fingerprint density at radius 2 is 1.67 bits per heavy atom. The van der Waals surface area contributed by atoms with Gasteiger partial charge in [0.1, 0.15) is 5.82 Å². The van der Waals surface area contributed by atoms with Gasteiger partial charge in [-0.25, -0.2) is 4.39 Å². The average Bonchev–Trinajstić information content (AvgIpc) is 2.43. The lowest BCUT2D eigenvalue weighted by Crippen LogP contribution is -2.49. The van der Waals surface area contributed by atoms with E-state index in [9.17, 15) is 17.6 Å². The second-order valence-electron chi connectivity index (χ2n) is 4.90. The summed E-state index contributed by atoms with van der Waals surface area (Å²) in [6.45, 7) is 4.38. The lowest BCUT2D eigenvalue weighted by molar-refractivity contribution is -0.151. The van der Waals surface area contributed by atoms with Crippen LogP contribution < -0.4 is 0 Å². The van der Waals surface area contributed by atoms with E-state index in [0.717, 1.165) is 5.56 Å². The third kappa shape index (κ3) is 5.63. The number of likely N-dealkylation sites (N-methyl/N-ethyl adjacent to an activating group) is 1. The van der Waals surface area contributed by atoms with Crippen molar-refractivity contribution in [1.82, 2.24) is 9.80 Å². The Morgan fingerprint density at radius 3 is 2.19 bits per heavy atom. The number of hydrogen-bond acceptors (Lipinski definition) is 2. The lowest BCUT2D eigenvalue weighted by Gasteiger charge is -2.39. The van der Waals surface area contributed by atoms with E-state index in [4.69, 9.17) is 0 Å². The first kappa shape index (κ1) is 17.9. The second kappa shape index (κ2) is 7.75. The van der Waals surface area contributed by atoms with Crippen molar-refractivity contribution in [3.05, 3.63) is 35.6 Å². The van der Waals surface area contributed by atoms with Gasteiger partial charge in [0, 0.05) is 25.7 Å². The minimum absolute atomic E-state index is 0.128. The van der Waals surface area contributed by atoms with E-state index in [0.29, 0.717) is 19.6 Å². The summed E-state index contributed by atoms with van der Waals surface area (Å²) in [6.07, 6.45) is -4.18. The molecule has 1 saturated heterocycles. The molecule has 1 unspecified atom stereocenters. The van der Waals surface area contributed by atoms with E-state index >= 15 is 0 Å². The first-order valence-electron chi connectivity index (χ1n) is 7.10. The molecule has 0 saturated carbocycles. The minimum Gasteiger partial charge on any atom is -0.297 e. The summed E-state index contributed by atoms with van der Waals surface area (Å²) >= 11 is 0. The van der Waals surface area contributed by atoms with Gasteiger partial charge in [-0.05, 0) is 24.7 Å². The molecular weight excluding hydrogens is 284 g/mol. The molecule has 0 spiro atoms. The molecule has 1 aromatic carbocycles. The molecule has 1 aromatic rings. The SMILES string of the molecule is CC.CN1CCN(CC(F)(F)F)CC1c1ccc(F)cc1. The quantitative estimate of drug-likeness (QED) is 0.769. The molecule has 1 aliphatic rings. The van der Waals surface area contributed by atoms with Crippen molar-refractivity contribution in [3.8, 4) is 0 Å². The van der Waals surface area contributed by atoms with Gasteiger partial charge in [0.2, 0.25) is 0 Å². The van der Waals surface area contributed by atoms with E-state index in [-0.39, 0.29) is 11.9 Å². The molecular formula is C15H22F4N2. The molecule has 0 aliphatic carbocycles.